The number of aryl methyl sites for hydroxylation is 1. The van der Waals surface area contributed by atoms with Crippen molar-refractivity contribution in [3.8, 4) is 0 Å². The van der Waals surface area contributed by atoms with E-state index in [9.17, 15) is 8.78 Å². The van der Waals surface area contributed by atoms with Crippen LogP contribution in [-0.2, 0) is 12.8 Å². The summed E-state index contributed by atoms with van der Waals surface area (Å²) in [5.41, 5.74) is 4.20. The average molecular weight is 259 g/mol. The second kappa shape index (κ2) is 5.00. The predicted octanol–water partition coefficient (Wildman–Crippen LogP) is 3.91. The molecule has 2 aromatic carbocycles. The standard InChI is InChI=1S/C16H15F2N/c17-14-7-12(8-15(18)10-14)6-11-3-4-13-2-1-5-19-16(13)9-11/h3-4,7-10,19H,1-2,5-6H2. The monoisotopic (exact) mass is 259 g/mol. The van der Waals surface area contributed by atoms with Crippen LogP contribution in [0.25, 0.3) is 0 Å². The van der Waals surface area contributed by atoms with Gasteiger partial charge in [0.15, 0.2) is 0 Å². The van der Waals surface area contributed by atoms with Gasteiger partial charge in [0.25, 0.3) is 0 Å². The normalized spacial score (nSPS) is 13.8. The van der Waals surface area contributed by atoms with Crippen molar-refractivity contribution in [2.75, 3.05) is 11.9 Å². The van der Waals surface area contributed by atoms with Gasteiger partial charge in [0.05, 0.1) is 0 Å². The van der Waals surface area contributed by atoms with Crippen molar-refractivity contribution in [1.82, 2.24) is 0 Å². The maximum absolute atomic E-state index is 13.2. The molecule has 0 bridgehead atoms. The number of benzene rings is 2. The Morgan fingerprint density at radius 2 is 1.74 bits per heavy atom. The summed E-state index contributed by atoms with van der Waals surface area (Å²) in [5.74, 6) is -1.04. The molecule has 19 heavy (non-hydrogen) atoms. The average Bonchev–Trinajstić information content (AvgIpc) is 2.37. The smallest absolute Gasteiger partial charge is 0.126 e. The molecule has 1 N–H and O–H groups in total. The molecule has 0 saturated carbocycles. The molecular formula is C16H15F2N. The molecule has 0 aliphatic carbocycles. The summed E-state index contributed by atoms with van der Waals surface area (Å²) >= 11 is 0. The van der Waals surface area contributed by atoms with E-state index >= 15 is 0 Å². The van der Waals surface area contributed by atoms with Crippen LogP contribution in [0.15, 0.2) is 36.4 Å². The van der Waals surface area contributed by atoms with Gasteiger partial charge in [0, 0.05) is 18.3 Å². The highest BCUT2D eigenvalue weighted by Crippen LogP contribution is 2.24. The molecule has 3 rings (SSSR count). The minimum absolute atomic E-state index is 0.522. The Kier molecular flexibility index (Phi) is 3.20. The molecule has 98 valence electrons. The third-order valence-electron chi connectivity index (χ3n) is 3.44. The lowest BCUT2D eigenvalue weighted by Gasteiger charge is -2.18. The molecule has 1 aliphatic heterocycles. The lowest BCUT2D eigenvalue weighted by atomic mass is 9.98. The van der Waals surface area contributed by atoms with E-state index in [4.69, 9.17) is 0 Å². The number of nitrogens with one attached hydrogen (secondary N) is 1. The summed E-state index contributed by atoms with van der Waals surface area (Å²) in [6.45, 7) is 0.991. The summed E-state index contributed by atoms with van der Waals surface area (Å²) in [6, 6.07) is 9.89. The second-order valence-electron chi connectivity index (χ2n) is 4.98. The van der Waals surface area contributed by atoms with Crippen molar-refractivity contribution >= 4 is 5.69 Å². The maximum atomic E-state index is 13.2. The first-order chi connectivity index (χ1) is 9.20. The number of anilines is 1. The molecule has 0 spiro atoms. The molecule has 1 heterocycles. The number of hydrogen-bond donors (Lipinski definition) is 1. The van der Waals surface area contributed by atoms with Gasteiger partial charge < -0.3 is 5.32 Å². The summed E-state index contributed by atoms with van der Waals surface area (Å²) in [7, 11) is 0. The Hall–Kier alpha value is -1.90. The highest BCUT2D eigenvalue weighted by molar-refractivity contribution is 5.55. The number of hydrogen-bond acceptors (Lipinski definition) is 1. The molecule has 0 unspecified atom stereocenters. The first kappa shape index (κ1) is 12.2. The molecule has 0 saturated heterocycles. The first-order valence-corrected chi connectivity index (χ1v) is 6.51. The van der Waals surface area contributed by atoms with E-state index < -0.39 is 11.6 Å². The minimum atomic E-state index is -0.522. The van der Waals surface area contributed by atoms with E-state index in [1.807, 2.05) is 6.07 Å². The van der Waals surface area contributed by atoms with Gasteiger partial charge in [0.2, 0.25) is 0 Å². The third-order valence-corrected chi connectivity index (χ3v) is 3.44. The van der Waals surface area contributed by atoms with Crippen molar-refractivity contribution in [1.29, 1.82) is 0 Å². The fraction of sp³-hybridized carbons (Fsp3) is 0.250. The SMILES string of the molecule is Fc1cc(F)cc(Cc2ccc3c(c2)NCCC3)c1. The first-order valence-electron chi connectivity index (χ1n) is 6.51. The molecular weight excluding hydrogens is 244 g/mol. The van der Waals surface area contributed by atoms with Crippen molar-refractivity contribution in [3.05, 3.63) is 64.7 Å². The molecule has 1 aliphatic rings. The molecule has 1 nitrogen and oxygen atoms in total. The molecule has 3 heteroatoms. The van der Waals surface area contributed by atoms with E-state index in [1.54, 1.807) is 0 Å². The summed E-state index contributed by atoms with van der Waals surface area (Å²) in [5, 5.41) is 3.36. The van der Waals surface area contributed by atoms with E-state index in [2.05, 4.69) is 17.4 Å². The lowest BCUT2D eigenvalue weighted by molar-refractivity contribution is 0.580. The number of rotatable bonds is 2. The molecule has 0 radical (unpaired) electrons. The van der Waals surface area contributed by atoms with E-state index in [0.29, 0.717) is 12.0 Å². The van der Waals surface area contributed by atoms with Crippen molar-refractivity contribution in [2.45, 2.75) is 19.3 Å². The van der Waals surface area contributed by atoms with Crippen molar-refractivity contribution in [2.24, 2.45) is 0 Å². The van der Waals surface area contributed by atoms with Crippen molar-refractivity contribution < 1.29 is 8.78 Å². The van der Waals surface area contributed by atoms with Crippen LogP contribution < -0.4 is 5.32 Å². The van der Waals surface area contributed by atoms with Gasteiger partial charge in [-0.15, -0.1) is 0 Å². The number of halogens is 2. The van der Waals surface area contributed by atoms with Gasteiger partial charge >= 0.3 is 0 Å². The van der Waals surface area contributed by atoms with Crippen molar-refractivity contribution in [3.63, 3.8) is 0 Å². The van der Waals surface area contributed by atoms with Crippen LogP contribution in [0, 0.1) is 11.6 Å². The molecule has 0 amide bonds. The Bertz CT molecular complexity index is 587. The van der Waals surface area contributed by atoms with Gasteiger partial charge in [-0.3, -0.25) is 0 Å². The largest absolute Gasteiger partial charge is 0.385 e. The zero-order chi connectivity index (χ0) is 13.2. The zero-order valence-corrected chi connectivity index (χ0v) is 10.5. The summed E-state index contributed by atoms with van der Waals surface area (Å²) in [4.78, 5) is 0. The highest BCUT2D eigenvalue weighted by atomic mass is 19.1. The van der Waals surface area contributed by atoms with Gasteiger partial charge in [-0.25, -0.2) is 8.78 Å². The van der Waals surface area contributed by atoms with Gasteiger partial charge in [-0.2, -0.15) is 0 Å². The quantitative estimate of drug-likeness (QED) is 0.862. The Labute approximate surface area is 111 Å². The van der Waals surface area contributed by atoms with Crippen LogP contribution in [0.5, 0.6) is 0 Å². The van der Waals surface area contributed by atoms with Crippen LogP contribution in [0.2, 0.25) is 0 Å². The highest BCUT2D eigenvalue weighted by Gasteiger charge is 2.09. The lowest BCUT2D eigenvalue weighted by Crippen LogP contribution is -2.11. The van der Waals surface area contributed by atoms with E-state index in [1.165, 1.54) is 17.7 Å². The molecule has 0 fully saturated rings. The van der Waals surface area contributed by atoms with E-state index in [0.717, 1.165) is 36.7 Å². The van der Waals surface area contributed by atoms with E-state index in [-0.39, 0.29) is 0 Å². The Morgan fingerprint density at radius 1 is 0.947 bits per heavy atom. The summed E-state index contributed by atoms with van der Waals surface area (Å²) in [6.07, 6.45) is 2.79. The van der Waals surface area contributed by atoms with Gasteiger partial charge in [-0.1, -0.05) is 12.1 Å². The van der Waals surface area contributed by atoms with Gasteiger partial charge in [-0.05, 0) is 54.2 Å². The topological polar surface area (TPSA) is 12.0 Å². The molecule has 0 aromatic heterocycles. The minimum Gasteiger partial charge on any atom is -0.385 e. The second-order valence-corrected chi connectivity index (χ2v) is 4.98. The molecule has 2 aromatic rings. The predicted molar refractivity (Wildman–Crippen MR) is 72.4 cm³/mol. The van der Waals surface area contributed by atoms with Crippen LogP contribution >= 0.6 is 0 Å². The summed E-state index contributed by atoms with van der Waals surface area (Å²) < 4.78 is 26.3. The third kappa shape index (κ3) is 2.75. The molecule has 0 atom stereocenters. The number of fused-ring (bicyclic) bond motifs is 1. The van der Waals surface area contributed by atoms with Crippen LogP contribution in [0.1, 0.15) is 23.1 Å². The zero-order valence-electron chi connectivity index (χ0n) is 10.5. The van der Waals surface area contributed by atoms with Gasteiger partial charge in [0.1, 0.15) is 11.6 Å². The van der Waals surface area contributed by atoms with Crippen LogP contribution in [0.3, 0.4) is 0 Å². The van der Waals surface area contributed by atoms with Crippen LogP contribution in [0.4, 0.5) is 14.5 Å². The fourth-order valence-corrected chi connectivity index (χ4v) is 2.57. The Morgan fingerprint density at radius 3 is 2.53 bits per heavy atom. The Balaban J connectivity index is 1.86. The van der Waals surface area contributed by atoms with Crippen LogP contribution in [-0.4, -0.2) is 6.54 Å². The fourth-order valence-electron chi connectivity index (χ4n) is 2.57. The maximum Gasteiger partial charge on any atom is 0.126 e.